The zero-order valence-electron chi connectivity index (χ0n) is 22.3. The van der Waals surface area contributed by atoms with Crippen molar-refractivity contribution in [1.82, 2.24) is 9.80 Å². The highest BCUT2D eigenvalue weighted by Gasteiger charge is 2.25. The minimum Gasteiger partial charge on any atom is -0.493 e. The predicted molar refractivity (Wildman–Crippen MR) is 153 cm³/mol. The van der Waals surface area contributed by atoms with Gasteiger partial charge in [0.25, 0.3) is 5.91 Å². The summed E-state index contributed by atoms with van der Waals surface area (Å²) in [4.78, 5) is 31.8. The van der Waals surface area contributed by atoms with E-state index in [1.54, 1.807) is 30.5 Å². The van der Waals surface area contributed by atoms with Crippen molar-refractivity contribution in [2.45, 2.75) is 32.9 Å². The van der Waals surface area contributed by atoms with Crippen molar-refractivity contribution >= 4 is 33.9 Å². The van der Waals surface area contributed by atoms with E-state index in [4.69, 9.17) is 9.47 Å². The van der Waals surface area contributed by atoms with Crippen molar-refractivity contribution in [3.63, 3.8) is 0 Å². The van der Waals surface area contributed by atoms with E-state index in [0.29, 0.717) is 36.6 Å². The van der Waals surface area contributed by atoms with Gasteiger partial charge in [-0.2, -0.15) is 0 Å². The molecule has 4 aromatic rings. The van der Waals surface area contributed by atoms with E-state index in [1.807, 2.05) is 96.9 Å². The summed E-state index contributed by atoms with van der Waals surface area (Å²) in [6, 6.07) is 23.3. The Bertz CT molecular complexity index is 1380. The SMILES string of the molecule is COc1ccc(CCN(Cc2cccs2)C(=O)CN(C(=O)c2ccc3ccccc3c2)C(C)C)cc1OC. The highest BCUT2D eigenvalue weighted by Crippen LogP contribution is 2.28. The average Bonchev–Trinajstić information content (AvgIpc) is 3.46. The van der Waals surface area contributed by atoms with E-state index in [9.17, 15) is 9.59 Å². The van der Waals surface area contributed by atoms with E-state index in [0.717, 1.165) is 21.2 Å². The fourth-order valence-corrected chi connectivity index (χ4v) is 5.13. The molecule has 0 aliphatic rings. The zero-order valence-corrected chi connectivity index (χ0v) is 23.2. The first-order valence-corrected chi connectivity index (χ1v) is 13.6. The maximum absolute atomic E-state index is 13.7. The molecule has 0 radical (unpaired) electrons. The first kappa shape index (κ1) is 27.2. The minimum atomic E-state index is -0.143. The number of amides is 2. The second-order valence-corrected chi connectivity index (χ2v) is 10.5. The Kier molecular flexibility index (Phi) is 9.02. The number of rotatable bonds is 11. The van der Waals surface area contributed by atoms with Crippen molar-refractivity contribution in [3.05, 3.63) is 94.2 Å². The number of hydrogen-bond donors (Lipinski definition) is 0. The Hall–Kier alpha value is -3.84. The van der Waals surface area contributed by atoms with Gasteiger partial charge in [0.15, 0.2) is 11.5 Å². The fraction of sp³-hybridized carbons (Fsp3) is 0.290. The van der Waals surface area contributed by atoms with Gasteiger partial charge in [-0.3, -0.25) is 9.59 Å². The second kappa shape index (κ2) is 12.6. The lowest BCUT2D eigenvalue weighted by Gasteiger charge is -2.30. The van der Waals surface area contributed by atoms with Crippen molar-refractivity contribution < 1.29 is 19.1 Å². The van der Waals surface area contributed by atoms with Crippen LogP contribution in [0.3, 0.4) is 0 Å². The van der Waals surface area contributed by atoms with Crippen LogP contribution in [0.25, 0.3) is 10.8 Å². The molecule has 0 aliphatic heterocycles. The van der Waals surface area contributed by atoms with Crippen molar-refractivity contribution in [3.8, 4) is 11.5 Å². The lowest BCUT2D eigenvalue weighted by Crippen LogP contribution is -2.46. The van der Waals surface area contributed by atoms with E-state index >= 15 is 0 Å². The molecule has 0 saturated heterocycles. The zero-order chi connectivity index (χ0) is 27.1. The first-order chi connectivity index (χ1) is 18.4. The van der Waals surface area contributed by atoms with Gasteiger partial charge in [0, 0.05) is 23.0 Å². The molecule has 0 fully saturated rings. The van der Waals surface area contributed by atoms with E-state index in [1.165, 1.54) is 0 Å². The van der Waals surface area contributed by atoms with Crippen LogP contribution in [0.15, 0.2) is 78.2 Å². The topological polar surface area (TPSA) is 59.1 Å². The number of benzene rings is 3. The van der Waals surface area contributed by atoms with Crippen LogP contribution in [0.1, 0.15) is 34.6 Å². The van der Waals surface area contributed by atoms with Crippen LogP contribution in [-0.2, 0) is 17.8 Å². The summed E-state index contributed by atoms with van der Waals surface area (Å²) in [7, 11) is 3.22. The Labute approximate surface area is 228 Å². The molecular weight excluding hydrogens is 496 g/mol. The molecule has 198 valence electrons. The van der Waals surface area contributed by atoms with Crippen LogP contribution in [0.5, 0.6) is 11.5 Å². The summed E-state index contributed by atoms with van der Waals surface area (Å²) in [5.41, 5.74) is 1.62. The molecule has 3 aromatic carbocycles. The average molecular weight is 531 g/mol. The third-order valence-corrected chi connectivity index (χ3v) is 7.45. The third kappa shape index (κ3) is 6.53. The Morgan fingerprint density at radius 1 is 0.868 bits per heavy atom. The van der Waals surface area contributed by atoms with Crippen molar-refractivity contribution in [2.24, 2.45) is 0 Å². The molecule has 0 aliphatic carbocycles. The van der Waals surface area contributed by atoms with E-state index < -0.39 is 0 Å². The van der Waals surface area contributed by atoms with Crippen LogP contribution in [0.4, 0.5) is 0 Å². The predicted octanol–water partition coefficient (Wildman–Crippen LogP) is 6.04. The summed E-state index contributed by atoms with van der Waals surface area (Å²) in [5.74, 6) is 1.10. The minimum absolute atomic E-state index is 0.0145. The number of ether oxygens (including phenoxy) is 2. The molecule has 1 aromatic heterocycles. The summed E-state index contributed by atoms with van der Waals surface area (Å²) in [5, 5.41) is 4.09. The summed E-state index contributed by atoms with van der Waals surface area (Å²) in [6.45, 7) is 4.92. The smallest absolute Gasteiger partial charge is 0.254 e. The van der Waals surface area contributed by atoms with E-state index in [-0.39, 0.29) is 24.4 Å². The first-order valence-electron chi connectivity index (χ1n) is 12.7. The Morgan fingerprint density at radius 2 is 1.63 bits per heavy atom. The Morgan fingerprint density at radius 3 is 2.32 bits per heavy atom. The second-order valence-electron chi connectivity index (χ2n) is 9.42. The van der Waals surface area contributed by atoms with Gasteiger partial charge >= 0.3 is 0 Å². The Balaban J connectivity index is 1.52. The van der Waals surface area contributed by atoms with Gasteiger partial charge in [0.1, 0.15) is 6.54 Å². The number of methoxy groups -OCH3 is 2. The van der Waals surface area contributed by atoms with Gasteiger partial charge < -0.3 is 19.3 Å². The fourth-order valence-electron chi connectivity index (χ4n) is 4.41. The number of hydrogen-bond acceptors (Lipinski definition) is 5. The van der Waals surface area contributed by atoms with Crippen LogP contribution >= 0.6 is 11.3 Å². The van der Waals surface area contributed by atoms with Crippen LogP contribution in [0.2, 0.25) is 0 Å². The van der Waals surface area contributed by atoms with Crippen LogP contribution in [-0.4, -0.2) is 55.0 Å². The lowest BCUT2D eigenvalue weighted by atomic mass is 10.1. The summed E-state index contributed by atoms with van der Waals surface area (Å²) in [6.07, 6.45) is 0.651. The van der Waals surface area contributed by atoms with Crippen molar-refractivity contribution in [2.75, 3.05) is 27.3 Å². The quantitative estimate of drug-likeness (QED) is 0.237. The third-order valence-electron chi connectivity index (χ3n) is 6.58. The van der Waals surface area contributed by atoms with E-state index in [2.05, 4.69) is 0 Å². The van der Waals surface area contributed by atoms with Gasteiger partial charge in [-0.25, -0.2) is 0 Å². The number of nitrogens with zero attached hydrogens (tertiary/aromatic N) is 2. The molecule has 0 unspecified atom stereocenters. The summed E-state index contributed by atoms with van der Waals surface area (Å²) >= 11 is 1.62. The van der Waals surface area contributed by atoms with Crippen molar-refractivity contribution in [1.29, 1.82) is 0 Å². The molecule has 0 atom stereocenters. The van der Waals surface area contributed by atoms with Gasteiger partial charge in [-0.05, 0) is 72.3 Å². The maximum atomic E-state index is 13.7. The molecule has 0 spiro atoms. The largest absolute Gasteiger partial charge is 0.493 e. The van der Waals surface area contributed by atoms with Gasteiger partial charge in [-0.1, -0.05) is 42.5 Å². The molecule has 2 amide bonds. The maximum Gasteiger partial charge on any atom is 0.254 e. The molecule has 0 saturated carbocycles. The van der Waals surface area contributed by atoms with Gasteiger partial charge in [-0.15, -0.1) is 11.3 Å². The summed E-state index contributed by atoms with van der Waals surface area (Å²) < 4.78 is 10.8. The van der Waals surface area contributed by atoms with Crippen LogP contribution < -0.4 is 9.47 Å². The molecular formula is C31H34N2O4S. The molecule has 6 nitrogen and oxygen atoms in total. The molecule has 0 bridgehead atoms. The van der Waals surface area contributed by atoms with Gasteiger partial charge in [0.05, 0.1) is 20.8 Å². The number of carbonyl (C=O) groups is 2. The normalized spacial score (nSPS) is 11.0. The van der Waals surface area contributed by atoms with Gasteiger partial charge in [0.2, 0.25) is 5.91 Å². The molecule has 4 rings (SSSR count). The molecule has 1 heterocycles. The lowest BCUT2D eigenvalue weighted by molar-refractivity contribution is -0.132. The standard InChI is InChI=1S/C31H34N2O4S/c1-22(2)33(31(35)26-13-12-24-8-5-6-9-25(24)19-26)21-30(34)32(20-27-10-7-17-38-27)16-15-23-11-14-28(36-3)29(18-23)37-4/h5-14,17-19,22H,15-16,20-21H2,1-4H3. The molecule has 7 heteroatoms. The highest BCUT2D eigenvalue weighted by molar-refractivity contribution is 7.09. The molecule has 0 N–H and O–H groups in total. The highest BCUT2D eigenvalue weighted by atomic mass is 32.1. The number of thiophene rings is 1. The monoisotopic (exact) mass is 530 g/mol. The number of carbonyl (C=O) groups excluding carboxylic acids is 2. The number of fused-ring (bicyclic) bond motifs is 1. The molecule has 38 heavy (non-hydrogen) atoms. The van der Waals surface area contributed by atoms with Crippen LogP contribution in [0, 0.1) is 0 Å².